The minimum absolute atomic E-state index is 0.214. The summed E-state index contributed by atoms with van der Waals surface area (Å²) in [5, 5.41) is 15.4. The van der Waals surface area contributed by atoms with E-state index in [-0.39, 0.29) is 18.7 Å². The van der Waals surface area contributed by atoms with Crippen LogP contribution in [0.1, 0.15) is 12.0 Å². The second-order valence-corrected chi connectivity index (χ2v) is 5.31. The van der Waals surface area contributed by atoms with Crippen LogP contribution in [-0.4, -0.2) is 17.4 Å². The summed E-state index contributed by atoms with van der Waals surface area (Å²) < 4.78 is 64.8. The molecule has 27 heavy (non-hydrogen) atoms. The highest BCUT2D eigenvalue weighted by Crippen LogP contribution is 2.34. The Morgan fingerprint density at radius 3 is 2.30 bits per heavy atom. The zero-order valence-electron chi connectivity index (χ0n) is 13.4. The van der Waals surface area contributed by atoms with Crippen molar-refractivity contribution in [3.63, 3.8) is 0 Å². The molecule has 144 valence electrons. The molecule has 1 amide bonds. The first-order valence-corrected chi connectivity index (χ1v) is 7.43. The molecule has 0 fully saturated rings. The van der Waals surface area contributed by atoms with Crippen molar-refractivity contribution in [1.82, 2.24) is 0 Å². The molecule has 2 aromatic carbocycles. The van der Waals surface area contributed by atoms with Gasteiger partial charge in [0.2, 0.25) is 5.91 Å². The number of alkyl halides is 3. The summed E-state index contributed by atoms with van der Waals surface area (Å²) in [6.07, 6.45) is -5.08. The zero-order valence-corrected chi connectivity index (χ0v) is 13.4. The van der Waals surface area contributed by atoms with Crippen molar-refractivity contribution in [3.8, 4) is 0 Å². The maximum Gasteiger partial charge on any atom is 0.416 e. The Labute approximate surface area is 149 Å². The Balaban J connectivity index is 2.02. The number of anilines is 2. The summed E-state index contributed by atoms with van der Waals surface area (Å²) in [6, 6.07) is 4.91. The fourth-order valence-corrected chi connectivity index (χ4v) is 2.14. The lowest BCUT2D eigenvalue weighted by molar-refractivity contribution is -0.384. The van der Waals surface area contributed by atoms with Crippen LogP contribution in [0.2, 0.25) is 0 Å². The average Bonchev–Trinajstić information content (AvgIpc) is 2.57. The number of hydrogen-bond acceptors (Lipinski definition) is 4. The molecule has 2 rings (SSSR count). The van der Waals surface area contributed by atoms with E-state index in [0.29, 0.717) is 12.1 Å². The second kappa shape index (κ2) is 7.98. The zero-order chi connectivity index (χ0) is 20.2. The Hall–Kier alpha value is -3.24. The first-order chi connectivity index (χ1) is 12.6. The molecule has 2 aromatic rings. The number of halogens is 5. The summed E-state index contributed by atoms with van der Waals surface area (Å²) in [4.78, 5) is 21.7. The van der Waals surface area contributed by atoms with Gasteiger partial charge in [-0.1, -0.05) is 6.07 Å². The molecule has 0 aliphatic heterocycles. The van der Waals surface area contributed by atoms with Gasteiger partial charge >= 0.3 is 6.18 Å². The highest BCUT2D eigenvalue weighted by atomic mass is 19.4. The normalized spacial score (nSPS) is 11.1. The number of nitro groups is 1. The van der Waals surface area contributed by atoms with Crippen LogP contribution >= 0.6 is 0 Å². The molecule has 0 saturated carbocycles. The highest BCUT2D eigenvalue weighted by molar-refractivity contribution is 5.91. The third-order valence-electron chi connectivity index (χ3n) is 3.42. The summed E-state index contributed by atoms with van der Waals surface area (Å²) in [7, 11) is 0. The van der Waals surface area contributed by atoms with Gasteiger partial charge in [0.25, 0.3) is 5.69 Å². The summed E-state index contributed by atoms with van der Waals surface area (Å²) in [6.45, 7) is -0.214. The molecule has 0 radical (unpaired) electrons. The van der Waals surface area contributed by atoms with Crippen molar-refractivity contribution >= 4 is 23.0 Å². The van der Waals surface area contributed by atoms with Gasteiger partial charge in [-0.05, 0) is 24.3 Å². The van der Waals surface area contributed by atoms with E-state index in [1.165, 1.54) is 0 Å². The van der Waals surface area contributed by atoms with Crippen LogP contribution in [0, 0.1) is 21.7 Å². The van der Waals surface area contributed by atoms with Crippen LogP contribution in [0.15, 0.2) is 36.4 Å². The van der Waals surface area contributed by atoms with Crippen molar-refractivity contribution in [1.29, 1.82) is 0 Å². The molecule has 0 aliphatic rings. The molecule has 0 aromatic heterocycles. The number of carbonyl (C=O) groups is 1. The number of amides is 1. The van der Waals surface area contributed by atoms with E-state index in [9.17, 15) is 36.9 Å². The third-order valence-corrected chi connectivity index (χ3v) is 3.42. The summed E-state index contributed by atoms with van der Waals surface area (Å²) in [5.41, 5.74) is -2.86. The van der Waals surface area contributed by atoms with Gasteiger partial charge in [0, 0.05) is 19.0 Å². The van der Waals surface area contributed by atoms with Gasteiger partial charge in [-0.15, -0.1) is 0 Å². The standard InChI is InChI=1S/C16H12F5N3O3/c17-10-2-1-3-11(18)15(10)23-14(25)6-7-22-12-5-4-9(16(19,20)21)8-13(12)24(26)27/h1-5,8,22H,6-7H2,(H,23,25). The molecule has 0 unspecified atom stereocenters. The first kappa shape index (κ1) is 20.1. The number of hydrogen-bond donors (Lipinski definition) is 2. The van der Waals surface area contributed by atoms with Gasteiger partial charge in [0.1, 0.15) is 23.0 Å². The van der Waals surface area contributed by atoms with Crippen LogP contribution in [0.3, 0.4) is 0 Å². The summed E-state index contributed by atoms with van der Waals surface area (Å²) >= 11 is 0. The number of carbonyl (C=O) groups excluding carboxylic acids is 1. The fraction of sp³-hybridized carbons (Fsp3) is 0.188. The third kappa shape index (κ3) is 5.12. The number of nitrogens with one attached hydrogen (secondary N) is 2. The van der Waals surface area contributed by atoms with E-state index in [1.54, 1.807) is 0 Å². The van der Waals surface area contributed by atoms with Gasteiger partial charge in [0.05, 0.1) is 10.5 Å². The molecule has 6 nitrogen and oxygen atoms in total. The Morgan fingerprint density at radius 1 is 1.11 bits per heavy atom. The minimum Gasteiger partial charge on any atom is -0.379 e. The fourth-order valence-electron chi connectivity index (χ4n) is 2.14. The van der Waals surface area contributed by atoms with Crippen molar-refractivity contribution in [2.75, 3.05) is 17.2 Å². The predicted molar refractivity (Wildman–Crippen MR) is 86.2 cm³/mol. The average molecular weight is 389 g/mol. The number of rotatable bonds is 6. The lowest BCUT2D eigenvalue weighted by Crippen LogP contribution is -2.18. The molecule has 0 atom stereocenters. The van der Waals surface area contributed by atoms with Gasteiger partial charge < -0.3 is 10.6 Å². The molecule has 0 aliphatic carbocycles. The maximum absolute atomic E-state index is 13.4. The molecule has 0 bridgehead atoms. The molecule has 11 heteroatoms. The summed E-state index contributed by atoms with van der Waals surface area (Å²) in [5.74, 6) is -2.74. The predicted octanol–water partition coefficient (Wildman–Crippen LogP) is 4.33. The van der Waals surface area contributed by atoms with E-state index in [0.717, 1.165) is 24.3 Å². The van der Waals surface area contributed by atoms with Crippen LogP contribution in [0.4, 0.5) is 39.0 Å². The number of benzene rings is 2. The quantitative estimate of drug-likeness (QED) is 0.438. The van der Waals surface area contributed by atoms with Gasteiger partial charge in [-0.25, -0.2) is 8.78 Å². The molecular weight excluding hydrogens is 377 g/mol. The molecule has 2 N–H and O–H groups in total. The Morgan fingerprint density at radius 2 is 1.74 bits per heavy atom. The van der Waals surface area contributed by atoms with Crippen LogP contribution < -0.4 is 10.6 Å². The van der Waals surface area contributed by atoms with Crippen molar-refractivity contribution < 1.29 is 31.7 Å². The van der Waals surface area contributed by atoms with E-state index >= 15 is 0 Å². The number of nitro benzene ring substituents is 1. The van der Waals surface area contributed by atoms with Crippen LogP contribution in [0.5, 0.6) is 0 Å². The molecule has 0 saturated heterocycles. The molecule has 0 heterocycles. The van der Waals surface area contributed by atoms with Crippen LogP contribution in [-0.2, 0) is 11.0 Å². The van der Waals surface area contributed by atoms with Gasteiger partial charge in [-0.3, -0.25) is 14.9 Å². The molecule has 0 spiro atoms. The van der Waals surface area contributed by atoms with E-state index in [2.05, 4.69) is 5.32 Å². The largest absolute Gasteiger partial charge is 0.416 e. The highest BCUT2D eigenvalue weighted by Gasteiger charge is 2.33. The SMILES string of the molecule is O=C(CCNc1ccc(C(F)(F)F)cc1[N+](=O)[O-])Nc1c(F)cccc1F. The smallest absolute Gasteiger partial charge is 0.379 e. The lowest BCUT2D eigenvalue weighted by Gasteiger charge is -2.11. The van der Waals surface area contributed by atoms with E-state index < -0.39 is 45.6 Å². The topological polar surface area (TPSA) is 84.3 Å². The number of nitrogens with zero attached hydrogens (tertiary/aromatic N) is 1. The minimum atomic E-state index is -4.74. The van der Waals surface area contributed by atoms with E-state index in [4.69, 9.17) is 0 Å². The second-order valence-electron chi connectivity index (χ2n) is 5.31. The van der Waals surface area contributed by atoms with Crippen LogP contribution in [0.25, 0.3) is 0 Å². The van der Waals surface area contributed by atoms with E-state index in [1.807, 2.05) is 5.32 Å². The van der Waals surface area contributed by atoms with Crippen molar-refractivity contribution in [2.45, 2.75) is 12.6 Å². The van der Waals surface area contributed by atoms with Crippen molar-refractivity contribution in [2.24, 2.45) is 0 Å². The molecular formula is C16H12F5N3O3. The Kier molecular flexibility index (Phi) is 5.93. The van der Waals surface area contributed by atoms with Gasteiger partial charge in [0.15, 0.2) is 0 Å². The monoisotopic (exact) mass is 389 g/mol. The first-order valence-electron chi connectivity index (χ1n) is 7.43. The lowest BCUT2D eigenvalue weighted by atomic mass is 10.1. The van der Waals surface area contributed by atoms with Gasteiger partial charge in [-0.2, -0.15) is 13.2 Å². The number of para-hydroxylation sites is 1. The van der Waals surface area contributed by atoms with Crippen molar-refractivity contribution in [3.05, 3.63) is 63.7 Å². The Bertz CT molecular complexity index is 851. The maximum atomic E-state index is 13.4.